The molecule has 0 spiro atoms. The summed E-state index contributed by atoms with van der Waals surface area (Å²) in [6.07, 6.45) is 13.8. The van der Waals surface area contributed by atoms with Crippen molar-refractivity contribution in [2.24, 2.45) is 34.5 Å². The molecule has 4 saturated carbocycles. The lowest BCUT2D eigenvalue weighted by Crippen LogP contribution is -2.52. The van der Waals surface area contributed by atoms with Gasteiger partial charge in [-0.1, -0.05) is 56.5 Å². The molecule has 0 N–H and O–H groups in total. The highest BCUT2D eigenvalue weighted by molar-refractivity contribution is 6.32. The number of hydrogen-bond acceptors (Lipinski definition) is 1. The van der Waals surface area contributed by atoms with Crippen molar-refractivity contribution in [3.63, 3.8) is 0 Å². The molecule has 0 saturated heterocycles. The second-order valence-corrected chi connectivity index (χ2v) is 11.0. The third-order valence-corrected chi connectivity index (χ3v) is 9.80. The number of allylic oxidation sites excluding steroid dienone is 1. The Kier molecular flexibility index (Phi) is 4.54. The third kappa shape index (κ3) is 2.68. The number of carbonyl (C=O) groups excluding carboxylic acids is 1. The van der Waals surface area contributed by atoms with E-state index in [2.05, 4.69) is 19.9 Å². The fourth-order valence-corrected chi connectivity index (χ4v) is 8.06. The first kappa shape index (κ1) is 18.9. The van der Waals surface area contributed by atoms with E-state index in [9.17, 15) is 4.79 Å². The molecule has 4 fully saturated rings. The number of halogens is 1. The minimum absolute atomic E-state index is 0.147. The zero-order valence-electron chi connectivity index (χ0n) is 17.3. The van der Waals surface area contributed by atoms with Crippen LogP contribution in [0.2, 0.25) is 5.02 Å². The van der Waals surface area contributed by atoms with Crippen molar-refractivity contribution in [2.45, 2.75) is 71.6 Å². The maximum atomic E-state index is 13.5. The number of hydrogen-bond donors (Lipinski definition) is 0. The molecule has 1 nitrogen and oxygen atoms in total. The van der Waals surface area contributed by atoms with Crippen molar-refractivity contribution in [1.29, 1.82) is 0 Å². The molecule has 0 aliphatic heterocycles. The molecule has 150 valence electrons. The monoisotopic (exact) mass is 396 g/mol. The highest BCUT2D eigenvalue weighted by atomic mass is 35.5. The van der Waals surface area contributed by atoms with Crippen LogP contribution < -0.4 is 0 Å². The van der Waals surface area contributed by atoms with Crippen LogP contribution in [0.5, 0.6) is 0 Å². The first-order valence-corrected chi connectivity index (χ1v) is 11.8. The number of benzene rings is 1. The average molecular weight is 397 g/mol. The Morgan fingerprint density at radius 3 is 2.64 bits per heavy atom. The standard InChI is InChI=1S/C26H33ClO/c1-25-13-6-5-8-19(25)10-11-20-21(25)12-14-26(2)22(20)16-18(24(26)28)15-17-7-3-4-9-23(17)27/h3-4,7,9,15,19-22H,5-6,8,10-14,16H2,1-2H3/b18-15+/t19-,20-,21-,22-,25+,26+/m1/s1. The number of ketones is 1. The molecule has 5 rings (SSSR count). The van der Waals surface area contributed by atoms with E-state index in [0.717, 1.165) is 46.8 Å². The van der Waals surface area contributed by atoms with Crippen LogP contribution in [0.1, 0.15) is 77.2 Å². The summed E-state index contributed by atoms with van der Waals surface area (Å²) < 4.78 is 0. The lowest BCUT2D eigenvalue weighted by Gasteiger charge is -2.59. The number of fused-ring (bicyclic) bond motifs is 5. The van der Waals surface area contributed by atoms with Gasteiger partial charge in [0.25, 0.3) is 0 Å². The quantitative estimate of drug-likeness (QED) is 0.454. The first-order valence-electron chi connectivity index (χ1n) is 11.4. The Morgan fingerprint density at radius 2 is 1.82 bits per heavy atom. The van der Waals surface area contributed by atoms with Gasteiger partial charge in [0, 0.05) is 10.4 Å². The summed E-state index contributed by atoms with van der Waals surface area (Å²) in [5.41, 5.74) is 2.40. The fourth-order valence-electron chi connectivity index (χ4n) is 7.87. The normalized spacial score (nSPS) is 44.1. The summed E-state index contributed by atoms with van der Waals surface area (Å²) >= 11 is 6.39. The van der Waals surface area contributed by atoms with Gasteiger partial charge in [-0.05, 0) is 97.3 Å². The van der Waals surface area contributed by atoms with Gasteiger partial charge in [0.15, 0.2) is 5.78 Å². The van der Waals surface area contributed by atoms with E-state index in [4.69, 9.17) is 11.6 Å². The van der Waals surface area contributed by atoms with Gasteiger partial charge < -0.3 is 0 Å². The molecule has 4 aliphatic rings. The maximum Gasteiger partial charge on any atom is 0.165 e. The molecule has 6 atom stereocenters. The molecule has 0 aromatic heterocycles. The third-order valence-electron chi connectivity index (χ3n) is 9.46. The minimum Gasteiger partial charge on any atom is -0.294 e. The van der Waals surface area contributed by atoms with Gasteiger partial charge >= 0.3 is 0 Å². The molecule has 28 heavy (non-hydrogen) atoms. The van der Waals surface area contributed by atoms with Crippen molar-refractivity contribution < 1.29 is 4.79 Å². The number of carbonyl (C=O) groups is 1. The van der Waals surface area contributed by atoms with E-state index in [1.54, 1.807) is 0 Å². The Hall–Kier alpha value is -1.08. The summed E-state index contributed by atoms with van der Waals surface area (Å²) in [7, 11) is 0. The van der Waals surface area contributed by atoms with Crippen LogP contribution in [0.3, 0.4) is 0 Å². The Labute approximate surface area is 174 Å². The molecule has 0 heterocycles. The van der Waals surface area contributed by atoms with Crippen LogP contribution >= 0.6 is 11.6 Å². The Balaban J connectivity index is 1.48. The van der Waals surface area contributed by atoms with Gasteiger partial charge in [-0.15, -0.1) is 0 Å². The Morgan fingerprint density at radius 1 is 1.00 bits per heavy atom. The lowest BCUT2D eigenvalue weighted by atomic mass is 9.45. The second-order valence-electron chi connectivity index (χ2n) is 10.6. The van der Waals surface area contributed by atoms with Crippen molar-refractivity contribution >= 4 is 23.5 Å². The molecule has 1 aromatic carbocycles. The summed E-state index contributed by atoms with van der Waals surface area (Å²) in [6.45, 7) is 4.88. The van der Waals surface area contributed by atoms with Crippen LogP contribution in [-0.2, 0) is 4.79 Å². The summed E-state index contributed by atoms with van der Waals surface area (Å²) in [6, 6.07) is 7.91. The van der Waals surface area contributed by atoms with Gasteiger partial charge in [-0.2, -0.15) is 0 Å². The van der Waals surface area contributed by atoms with Crippen molar-refractivity contribution in [3.05, 3.63) is 40.4 Å². The van der Waals surface area contributed by atoms with Gasteiger partial charge in [0.2, 0.25) is 0 Å². The molecule has 0 unspecified atom stereocenters. The van der Waals surface area contributed by atoms with Crippen LogP contribution in [-0.4, -0.2) is 5.78 Å². The molecular weight excluding hydrogens is 364 g/mol. The molecule has 1 aromatic rings. The van der Waals surface area contributed by atoms with E-state index in [1.807, 2.05) is 24.3 Å². The molecule has 0 bridgehead atoms. The SMILES string of the molecule is C[C@]12CCCC[C@@H]1CC[C@@H]1[C@H]2CC[C@]2(C)C(=O)/C(=C/c3ccccc3Cl)C[C@H]12. The zero-order chi connectivity index (χ0) is 19.5. The molecular formula is C26H33ClO. The van der Waals surface area contributed by atoms with Crippen LogP contribution in [0, 0.1) is 34.5 Å². The smallest absolute Gasteiger partial charge is 0.165 e. The van der Waals surface area contributed by atoms with E-state index >= 15 is 0 Å². The lowest BCUT2D eigenvalue weighted by molar-refractivity contribution is -0.137. The largest absolute Gasteiger partial charge is 0.294 e. The van der Waals surface area contributed by atoms with E-state index < -0.39 is 0 Å². The van der Waals surface area contributed by atoms with Crippen LogP contribution in [0.25, 0.3) is 6.08 Å². The zero-order valence-corrected chi connectivity index (χ0v) is 18.1. The molecule has 4 aliphatic carbocycles. The summed E-state index contributed by atoms with van der Waals surface area (Å²) in [5, 5.41) is 0.746. The Bertz CT molecular complexity index is 825. The van der Waals surface area contributed by atoms with Crippen LogP contribution in [0.15, 0.2) is 29.8 Å². The van der Waals surface area contributed by atoms with Gasteiger partial charge in [0.1, 0.15) is 0 Å². The average Bonchev–Trinajstić information content (AvgIpc) is 2.94. The van der Waals surface area contributed by atoms with E-state index in [-0.39, 0.29) is 5.41 Å². The fraction of sp³-hybridized carbons (Fsp3) is 0.654. The number of rotatable bonds is 1. The van der Waals surface area contributed by atoms with Crippen molar-refractivity contribution in [3.8, 4) is 0 Å². The maximum absolute atomic E-state index is 13.5. The summed E-state index contributed by atoms with van der Waals surface area (Å²) in [4.78, 5) is 13.5. The topological polar surface area (TPSA) is 17.1 Å². The van der Waals surface area contributed by atoms with E-state index in [1.165, 1.54) is 44.9 Å². The molecule has 2 heteroatoms. The van der Waals surface area contributed by atoms with Crippen molar-refractivity contribution in [2.75, 3.05) is 0 Å². The molecule has 0 amide bonds. The minimum atomic E-state index is -0.147. The van der Waals surface area contributed by atoms with Gasteiger partial charge in [-0.3, -0.25) is 4.79 Å². The highest BCUT2D eigenvalue weighted by Crippen LogP contribution is 2.66. The molecule has 0 radical (unpaired) electrons. The number of Topliss-reactive ketones (excluding diaryl/α,β-unsaturated/α-hetero) is 1. The van der Waals surface area contributed by atoms with Gasteiger partial charge in [-0.25, -0.2) is 0 Å². The van der Waals surface area contributed by atoms with Crippen LogP contribution in [0.4, 0.5) is 0 Å². The summed E-state index contributed by atoms with van der Waals surface area (Å²) in [5.74, 6) is 3.44. The predicted octanol–water partition coefficient (Wildman–Crippen LogP) is 7.34. The predicted molar refractivity (Wildman–Crippen MR) is 116 cm³/mol. The second kappa shape index (κ2) is 6.73. The van der Waals surface area contributed by atoms with Crippen molar-refractivity contribution in [1.82, 2.24) is 0 Å². The highest BCUT2D eigenvalue weighted by Gasteiger charge is 2.60. The van der Waals surface area contributed by atoms with E-state index in [0.29, 0.717) is 17.1 Å². The van der Waals surface area contributed by atoms with Gasteiger partial charge in [0.05, 0.1) is 0 Å². The first-order chi connectivity index (χ1) is 13.4.